The van der Waals surface area contributed by atoms with Gasteiger partial charge in [0.15, 0.2) is 0 Å². The van der Waals surface area contributed by atoms with Gasteiger partial charge in [-0.2, -0.15) is 0 Å². The van der Waals surface area contributed by atoms with Gasteiger partial charge in [0.1, 0.15) is 0 Å². The van der Waals surface area contributed by atoms with Crippen LogP contribution in [0.1, 0.15) is 46.5 Å². The van der Waals surface area contributed by atoms with Gasteiger partial charge in [-0.05, 0) is 38.8 Å². The zero-order valence-corrected chi connectivity index (χ0v) is 8.43. The van der Waals surface area contributed by atoms with Crippen molar-refractivity contribution in [3.63, 3.8) is 0 Å². The number of hydrogen-bond acceptors (Lipinski definition) is 1. The number of unbranched alkanes of at least 4 members (excludes halogenated alkanes) is 3. The van der Waals surface area contributed by atoms with Crippen molar-refractivity contribution >= 4 is 0 Å². The van der Waals surface area contributed by atoms with E-state index < -0.39 is 5.60 Å². The predicted octanol–water partition coefficient (Wildman–Crippen LogP) is 3.05. The lowest BCUT2D eigenvalue weighted by Gasteiger charge is -2.07. The summed E-state index contributed by atoms with van der Waals surface area (Å²) in [5, 5.41) is 9.28. The van der Waals surface area contributed by atoms with E-state index in [1.54, 1.807) is 19.9 Å². The van der Waals surface area contributed by atoms with Gasteiger partial charge in [-0.1, -0.05) is 19.8 Å². The second kappa shape index (κ2) is 6.05. The molecular weight excluding hydrogens is 148 g/mol. The molecule has 1 N–H and O–H groups in total. The largest absolute Gasteiger partial charge is 0.386 e. The topological polar surface area (TPSA) is 20.2 Å². The summed E-state index contributed by atoms with van der Waals surface area (Å²) in [7, 11) is 0. The molecule has 0 rings (SSSR count). The summed E-state index contributed by atoms with van der Waals surface area (Å²) < 4.78 is 0. The van der Waals surface area contributed by atoms with Crippen LogP contribution in [-0.4, -0.2) is 10.7 Å². The highest BCUT2D eigenvalue weighted by Crippen LogP contribution is 2.02. The molecule has 70 valence electrons. The molecule has 0 aromatic heterocycles. The lowest BCUT2D eigenvalue weighted by atomic mass is 10.1. The molecule has 0 aliphatic rings. The fourth-order valence-corrected chi connectivity index (χ4v) is 0.843. The van der Waals surface area contributed by atoms with Crippen molar-refractivity contribution in [2.75, 3.05) is 0 Å². The highest BCUT2D eigenvalue weighted by atomic mass is 16.3. The van der Waals surface area contributed by atoms with Crippen LogP contribution in [0.5, 0.6) is 0 Å². The van der Waals surface area contributed by atoms with Crippen molar-refractivity contribution < 1.29 is 5.11 Å². The maximum atomic E-state index is 9.28. The van der Waals surface area contributed by atoms with E-state index in [-0.39, 0.29) is 0 Å². The first kappa shape index (κ1) is 11.5. The van der Waals surface area contributed by atoms with E-state index in [1.807, 2.05) is 6.08 Å². The van der Waals surface area contributed by atoms with Gasteiger partial charge >= 0.3 is 0 Å². The minimum absolute atomic E-state index is 0.721. The number of rotatable bonds is 5. The Balaban J connectivity index is 3.55. The molecule has 0 bridgehead atoms. The van der Waals surface area contributed by atoms with Gasteiger partial charge < -0.3 is 5.11 Å². The van der Waals surface area contributed by atoms with E-state index in [9.17, 15) is 5.11 Å². The van der Waals surface area contributed by atoms with E-state index in [0.717, 1.165) is 6.42 Å². The van der Waals surface area contributed by atoms with Crippen LogP contribution in [0, 0.1) is 0 Å². The normalized spacial score (nSPS) is 10.7. The zero-order valence-electron chi connectivity index (χ0n) is 8.43. The smallest absolute Gasteiger partial charge is 0.0844 e. The third kappa shape index (κ3) is 9.48. The van der Waals surface area contributed by atoms with Gasteiger partial charge in [0.05, 0.1) is 5.60 Å². The first-order valence-electron chi connectivity index (χ1n) is 4.70. The van der Waals surface area contributed by atoms with E-state index in [1.165, 1.54) is 19.3 Å². The Morgan fingerprint density at radius 1 is 1.33 bits per heavy atom. The van der Waals surface area contributed by atoms with Crippen molar-refractivity contribution in [3.8, 4) is 0 Å². The fourth-order valence-electron chi connectivity index (χ4n) is 0.843. The van der Waals surface area contributed by atoms with Crippen LogP contribution in [-0.2, 0) is 0 Å². The Morgan fingerprint density at radius 3 is 2.50 bits per heavy atom. The molecule has 0 unspecified atom stereocenters. The minimum Gasteiger partial charge on any atom is -0.386 e. The molecule has 0 saturated carbocycles. The van der Waals surface area contributed by atoms with Crippen LogP contribution in [0.3, 0.4) is 0 Å². The number of aliphatic hydroxyl groups is 1. The molecule has 1 heteroatoms. The Labute approximate surface area is 75.8 Å². The van der Waals surface area contributed by atoms with Crippen LogP contribution in [0.25, 0.3) is 0 Å². The molecule has 0 saturated heterocycles. The summed E-state index contributed by atoms with van der Waals surface area (Å²) in [5.41, 5.74) is 2.26. The highest BCUT2D eigenvalue weighted by molar-refractivity contribution is 4.95. The summed E-state index contributed by atoms with van der Waals surface area (Å²) in [6, 6.07) is 0. The van der Waals surface area contributed by atoms with Gasteiger partial charge in [0.25, 0.3) is 0 Å². The van der Waals surface area contributed by atoms with Crippen LogP contribution < -0.4 is 0 Å². The third-order valence-corrected chi connectivity index (χ3v) is 1.51. The van der Waals surface area contributed by atoms with Gasteiger partial charge in [0.2, 0.25) is 0 Å². The monoisotopic (exact) mass is 168 g/mol. The molecule has 0 amide bonds. The third-order valence-electron chi connectivity index (χ3n) is 1.51. The standard InChI is InChI=1S/C11H20O/c1-4-5-6-7-8-9-10-11(2,3)12/h8,10,12H,4-7H2,1-3H3. The highest BCUT2D eigenvalue weighted by Gasteiger charge is 2.04. The average molecular weight is 168 g/mol. The van der Waals surface area contributed by atoms with Gasteiger partial charge in [-0.25, -0.2) is 0 Å². The minimum atomic E-state index is -0.721. The Morgan fingerprint density at radius 2 is 2.00 bits per heavy atom. The van der Waals surface area contributed by atoms with Crippen LogP contribution in [0.4, 0.5) is 0 Å². The molecule has 0 aromatic rings. The van der Waals surface area contributed by atoms with Crippen molar-refractivity contribution in [2.45, 2.75) is 52.1 Å². The summed E-state index contributed by atoms with van der Waals surface area (Å²) in [6.45, 7) is 5.69. The lowest BCUT2D eigenvalue weighted by molar-refractivity contribution is 0.133. The molecule has 0 radical (unpaired) electrons. The van der Waals surface area contributed by atoms with E-state index in [2.05, 4.69) is 12.7 Å². The van der Waals surface area contributed by atoms with Crippen LogP contribution in [0.15, 0.2) is 17.9 Å². The molecule has 0 fully saturated rings. The van der Waals surface area contributed by atoms with Crippen molar-refractivity contribution in [3.05, 3.63) is 17.9 Å². The molecule has 0 spiro atoms. The van der Waals surface area contributed by atoms with Crippen LogP contribution in [0.2, 0.25) is 0 Å². The molecule has 0 heterocycles. The second-order valence-corrected chi connectivity index (χ2v) is 3.66. The quantitative estimate of drug-likeness (QED) is 0.494. The van der Waals surface area contributed by atoms with Crippen molar-refractivity contribution in [1.82, 2.24) is 0 Å². The molecular formula is C11H20O. The van der Waals surface area contributed by atoms with Gasteiger partial charge in [-0.3, -0.25) is 0 Å². The zero-order chi connectivity index (χ0) is 9.45. The molecule has 0 aromatic carbocycles. The second-order valence-electron chi connectivity index (χ2n) is 3.66. The van der Waals surface area contributed by atoms with Gasteiger partial charge in [0, 0.05) is 0 Å². The molecule has 0 aliphatic carbocycles. The molecule has 1 nitrogen and oxygen atoms in total. The molecule has 12 heavy (non-hydrogen) atoms. The number of hydrogen-bond donors (Lipinski definition) is 1. The van der Waals surface area contributed by atoms with Crippen molar-refractivity contribution in [2.24, 2.45) is 0 Å². The van der Waals surface area contributed by atoms with E-state index in [4.69, 9.17) is 0 Å². The summed E-state index contributed by atoms with van der Waals surface area (Å²) in [4.78, 5) is 0. The maximum absolute atomic E-state index is 9.28. The SMILES string of the molecule is CCCCCC=C=CC(C)(C)O. The van der Waals surface area contributed by atoms with E-state index in [0.29, 0.717) is 0 Å². The van der Waals surface area contributed by atoms with Crippen LogP contribution >= 0.6 is 0 Å². The predicted molar refractivity (Wildman–Crippen MR) is 53.1 cm³/mol. The summed E-state index contributed by atoms with van der Waals surface area (Å²) in [5.74, 6) is 0. The van der Waals surface area contributed by atoms with E-state index >= 15 is 0 Å². The Bertz CT molecular complexity index is 156. The molecule has 0 aliphatic heterocycles. The molecule has 0 atom stereocenters. The first-order chi connectivity index (χ1) is 5.56. The summed E-state index contributed by atoms with van der Waals surface area (Å²) >= 11 is 0. The Hall–Kier alpha value is -0.520. The lowest BCUT2D eigenvalue weighted by Crippen LogP contribution is -2.12. The Kier molecular flexibility index (Phi) is 5.79. The van der Waals surface area contributed by atoms with Gasteiger partial charge in [-0.15, -0.1) is 5.73 Å². The first-order valence-corrected chi connectivity index (χ1v) is 4.70. The fraction of sp³-hybridized carbons (Fsp3) is 0.727. The van der Waals surface area contributed by atoms with Crippen molar-refractivity contribution in [1.29, 1.82) is 0 Å². The summed E-state index contributed by atoms with van der Waals surface area (Å²) in [6.07, 6.45) is 8.51. The average Bonchev–Trinajstić information content (AvgIpc) is 1.94. The maximum Gasteiger partial charge on any atom is 0.0844 e.